The summed E-state index contributed by atoms with van der Waals surface area (Å²) in [5, 5.41) is 2.89. The number of hydrogen-bond acceptors (Lipinski definition) is 4. The van der Waals surface area contributed by atoms with Gasteiger partial charge in [-0.25, -0.2) is 4.79 Å². The van der Waals surface area contributed by atoms with E-state index in [1.54, 1.807) is 17.2 Å². The van der Waals surface area contributed by atoms with E-state index in [1.165, 1.54) is 0 Å². The monoisotopic (exact) mass is 306 g/mol. The third kappa shape index (κ3) is 4.96. The van der Waals surface area contributed by atoms with E-state index in [1.807, 2.05) is 20.0 Å². The maximum atomic E-state index is 12.2. The van der Waals surface area contributed by atoms with Crippen LogP contribution in [0.15, 0.2) is 18.3 Å². The van der Waals surface area contributed by atoms with E-state index >= 15 is 0 Å². The zero-order valence-electron chi connectivity index (χ0n) is 13.9. The van der Waals surface area contributed by atoms with Crippen LogP contribution in [0.3, 0.4) is 0 Å². The van der Waals surface area contributed by atoms with Crippen LogP contribution in [0.5, 0.6) is 0 Å². The van der Waals surface area contributed by atoms with E-state index in [0.717, 1.165) is 31.0 Å². The lowest BCUT2D eigenvalue weighted by Crippen LogP contribution is -2.48. The second-order valence-corrected chi connectivity index (χ2v) is 6.05. The molecule has 1 N–H and O–H groups in total. The van der Waals surface area contributed by atoms with Gasteiger partial charge in [-0.3, -0.25) is 9.88 Å². The van der Waals surface area contributed by atoms with E-state index in [2.05, 4.69) is 29.0 Å². The SMILES string of the molecule is Cc1cc(NC(=O)N(C)CCN2C[C@@H](C)O[C@@H](C)C2)ccn1. The molecule has 6 nitrogen and oxygen atoms in total. The fraction of sp³-hybridized carbons (Fsp3) is 0.625. The van der Waals surface area contributed by atoms with Crippen LogP contribution >= 0.6 is 0 Å². The Balaban J connectivity index is 1.79. The number of rotatable bonds is 4. The number of aryl methyl sites for hydroxylation is 1. The van der Waals surface area contributed by atoms with Gasteiger partial charge < -0.3 is 15.0 Å². The highest BCUT2D eigenvalue weighted by Crippen LogP contribution is 2.11. The maximum absolute atomic E-state index is 12.2. The Hall–Kier alpha value is -1.66. The predicted octanol–water partition coefficient (Wildman–Crippen LogP) is 1.96. The number of likely N-dealkylation sites (N-methyl/N-ethyl adjacent to an activating group) is 1. The number of nitrogens with zero attached hydrogens (tertiary/aromatic N) is 3. The molecular weight excluding hydrogens is 280 g/mol. The third-order valence-corrected chi connectivity index (χ3v) is 3.74. The quantitative estimate of drug-likeness (QED) is 0.924. The number of anilines is 1. The van der Waals surface area contributed by atoms with Crippen LogP contribution in [0.1, 0.15) is 19.5 Å². The summed E-state index contributed by atoms with van der Waals surface area (Å²) in [5.41, 5.74) is 1.66. The largest absolute Gasteiger partial charge is 0.373 e. The molecule has 1 aromatic heterocycles. The van der Waals surface area contributed by atoms with Gasteiger partial charge >= 0.3 is 6.03 Å². The van der Waals surface area contributed by atoms with E-state index < -0.39 is 0 Å². The van der Waals surface area contributed by atoms with Crippen molar-refractivity contribution < 1.29 is 9.53 Å². The van der Waals surface area contributed by atoms with Crippen molar-refractivity contribution in [2.24, 2.45) is 0 Å². The molecule has 2 atom stereocenters. The minimum Gasteiger partial charge on any atom is -0.373 e. The number of carbonyl (C=O) groups excluding carboxylic acids is 1. The molecule has 6 heteroatoms. The van der Waals surface area contributed by atoms with Gasteiger partial charge in [0.2, 0.25) is 0 Å². The van der Waals surface area contributed by atoms with Crippen LogP contribution in [0.4, 0.5) is 10.5 Å². The Morgan fingerprint density at radius 1 is 1.45 bits per heavy atom. The van der Waals surface area contributed by atoms with Gasteiger partial charge in [0.25, 0.3) is 0 Å². The second-order valence-electron chi connectivity index (χ2n) is 6.05. The van der Waals surface area contributed by atoms with Gasteiger partial charge in [-0.15, -0.1) is 0 Å². The van der Waals surface area contributed by atoms with Gasteiger partial charge in [0.05, 0.1) is 12.2 Å². The Labute approximate surface area is 132 Å². The molecule has 0 radical (unpaired) electrons. The van der Waals surface area contributed by atoms with Crippen molar-refractivity contribution in [1.82, 2.24) is 14.8 Å². The highest BCUT2D eigenvalue weighted by atomic mass is 16.5. The zero-order chi connectivity index (χ0) is 16.1. The smallest absolute Gasteiger partial charge is 0.321 e. The van der Waals surface area contributed by atoms with Crippen LogP contribution in [0, 0.1) is 6.92 Å². The van der Waals surface area contributed by atoms with Crippen molar-refractivity contribution in [3.8, 4) is 0 Å². The number of hydrogen-bond donors (Lipinski definition) is 1. The number of aromatic nitrogens is 1. The first-order valence-electron chi connectivity index (χ1n) is 7.76. The lowest BCUT2D eigenvalue weighted by atomic mass is 10.2. The van der Waals surface area contributed by atoms with Crippen LogP contribution in [0.2, 0.25) is 0 Å². The number of amides is 2. The molecule has 1 saturated heterocycles. The Bertz CT molecular complexity index is 499. The molecule has 2 heterocycles. The van der Waals surface area contributed by atoms with Crippen molar-refractivity contribution in [3.63, 3.8) is 0 Å². The normalized spacial score (nSPS) is 22.4. The molecule has 2 rings (SSSR count). The van der Waals surface area contributed by atoms with Gasteiger partial charge in [-0.2, -0.15) is 0 Å². The standard InChI is InChI=1S/C16H26N4O2/c1-12-9-15(5-6-17-12)18-16(21)19(4)7-8-20-10-13(2)22-14(3)11-20/h5-6,9,13-14H,7-8,10-11H2,1-4H3,(H,17,18,21)/t13-,14+. The topological polar surface area (TPSA) is 57.7 Å². The second kappa shape index (κ2) is 7.56. The number of pyridine rings is 1. The first-order valence-corrected chi connectivity index (χ1v) is 7.76. The van der Waals surface area contributed by atoms with E-state index in [0.29, 0.717) is 6.54 Å². The zero-order valence-corrected chi connectivity index (χ0v) is 13.9. The van der Waals surface area contributed by atoms with Crippen molar-refractivity contribution in [1.29, 1.82) is 0 Å². The van der Waals surface area contributed by atoms with Gasteiger partial charge in [-0.05, 0) is 32.9 Å². The molecular formula is C16H26N4O2. The molecule has 0 unspecified atom stereocenters. The van der Waals surface area contributed by atoms with Crippen LogP contribution in [-0.4, -0.2) is 66.2 Å². The average molecular weight is 306 g/mol. The minimum absolute atomic E-state index is 0.0973. The summed E-state index contributed by atoms with van der Waals surface area (Å²) >= 11 is 0. The van der Waals surface area contributed by atoms with E-state index in [4.69, 9.17) is 4.74 Å². The summed E-state index contributed by atoms with van der Waals surface area (Å²) in [5.74, 6) is 0. The molecule has 0 saturated carbocycles. The number of morpholine rings is 1. The first-order chi connectivity index (χ1) is 10.4. The fourth-order valence-corrected chi connectivity index (χ4v) is 2.70. The van der Waals surface area contributed by atoms with Crippen molar-refractivity contribution in [2.45, 2.75) is 33.0 Å². The van der Waals surface area contributed by atoms with E-state index in [9.17, 15) is 4.79 Å². The van der Waals surface area contributed by atoms with Gasteiger partial charge in [0.15, 0.2) is 0 Å². The molecule has 0 aromatic carbocycles. The lowest BCUT2D eigenvalue weighted by Gasteiger charge is -2.36. The molecule has 1 aliphatic rings. The maximum Gasteiger partial charge on any atom is 0.321 e. The molecule has 22 heavy (non-hydrogen) atoms. The third-order valence-electron chi connectivity index (χ3n) is 3.74. The van der Waals surface area contributed by atoms with Crippen LogP contribution in [-0.2, 0) is 4.74 Å². The lowest BCUT2D eigenvalue weighted by molar-refractivity contribution is -0.0684. The minimum atomic E-state index is -0.0973. The molecule has 122 valence electrons. The summed E-state index contributed by atoms with van der Waals surface area (Å²) in [6.45, 7) is 9.47. The Morgan fingerprint density at radius 2 is 2.14 bits per heavy atom. The number of nitrogens with one attached hydrogen (secondary N) is 1. The summed E-state index contributed by atoms with van der Waals surface area (Å²) in [4.78, 5) is 20.4. The summed E-state index contributed by atoms with van der Waals surface area (Å²) in [6, 6.07) is 3.56. The number of carbonyl (C=O) groups is 1. The summed E-state index contributed by atoms with van der Waals surface area (Å²) < 4.78 is 5.72. The first kappa shape index (κ1) is 16.7. The summed E-state index contributed by atoms with van der Waals surface area (Å²) in [7, 11) is 1.82. The van der Waals surface area contributed by atoms with Gasteiger partial charge in [-0.1, -0.05) is 0 Å². The van der Waals surface area contributed by atoms with Crippen LogP contribution in [0.25, 0.3) is 0 Å². The Kier molecular flexibility index (Phi) is 5.74. The number of ether oxygens (including phenoxy) is 1. The molecule has 1 aromatic rings. The van der Waals surface area contributed by atoms with Gasteiger partial charge in [0.1, 0.15) is 0 Å². The average Bonchev–Trinajstić information content (AvgIpc) is 2.43. The van der Waals surface area contributed by atoms with Crippen molar-refractivity contribution in [3.05, 3.63) is 24.0 Å². The Morgan fingerprint density at radius 3 is 2.77 bits per heavy atom. The molecule has 1 fully saturated rings. The molecule has 1 aliphatic heterocycles. The van der Waals surface area contributed by atoms with Crippen LogP contribution < -0.4 is 5.32 Å². The van der Waals surface area contributed by atoms with E-state index in [-0.39, 0.29) is 18.2 Å². The predicted molar refractivity (Wildman–Crippen MR) is 87.1 cm³/mol. The highest BCUT2D eigenvalue weighted by molar-refractivity contribution is 5.89. The fourth-order valence-electron chi connectivity index (χ4n) is 2.70. The van der Waals surface area contributed by atoms with Crippen molar-refractivity contribution >= 4 is 11.7 Å². The van der Waals surface area contributed by atoms with Crippen molar-refractivity contribution in [2.75, 3.05) is 38.5 Å². The highest BCUT2D eigenvalue weighted by Gasteiger charge is 2.22. The summed E-state index contributed by atoms with van der Waals surface area (Å²) in [6.07, 6.45) is 2.20. The molecule has 0 aliphatic carbocycles. The molecule has 2 amide bonds. The number of urea groups is 1. The van der Waals surface area contributed by atoms with Gasteiger partial charge in [0, 0.05) is 50.8 Å². The molecule has 0 spiro atoms. The molecule has 0 bridgehead atoms.